The molecule has 0 spiro atoms. The molecule has 1 unspecified atom stereocenters. The third-order valence-corrected chi connectivity index (χ3v) is 4.34. The van der Waals surface area contributed by atoms with E-state index >= 15 is 0 Å². The minimum atomic E-state index is -0.422. The van der Waals surface area contributed by atoms with E-state index in [1.165, 1.54) is 11.3 Å². The number of thiazole rings is 1. The predicted octanol–water partition coefficient (Wildman–Crippen LogP) is 1.29. The number of rotatable bonds is 3. The topological polar surface area (TPSA) is 75.4 Å². The Labute approximate surface area is 125 Å². The van der Waals surface area contributed by atoms with Crippen LogP contribution in [0.1, 0.15) is 12.6 Å². The van der Waals surface area contributed by atoms with Gasteiger partial charge < -0.3 is 14.6 Å². The first-order valence-corrected chi connectivity index (χ1v) is 7.58. The third kappa shape index (κ3) is 2.82. The Morgan fingerprint density at radius 1 is 1.62 bits per heavy atom. The summed E-state index contributed by atoms with van der Waals surface area (Å²) in [5, 5.41) is 5.35. The lowest BCUT2D eigenvalue weighted by atomic mass is 10.2. The molecular formula is C14H15N3O3S. The Morgan fingerprint density at radius 3 is 3.24 bits per heavy atom. The van der Waals surface area contributed by atoms with Crippen molar-refractivity contribution in [3.63, 3.8) is 0 Å². The summed E-state index contributed by atoms with van der Waals surface area (Å²) in [7, 11) is 0. The van der Waals surface area contributed by atoms with Crippen LogP contribution in [-0.2, 0) is 16.0 Å². The van der Waals surface area contributed by atoms with Gasteiger partial charge >= 0.3 is 0 Å². The normalized spacial score (nSPS) is 18.6. The minimum Gasteiger partial charge on any atom is -0.462 e. The Balaban J connectivity index is 1.69. The van der Waals surface area contributed by atoms with E-state index in [0.29, 0.717) is 24.5 Å². The maximum atomic E-state index is 12.3. The first-order chi connectivity index (χ1) is 10.1. The molecule has 2 amide bonds. The van der Waals surface area contributed by atoms with Crippen molar-refractivity contribution in [2.45, 2.75) is 19.4 Å². The molecule has 7 heteroatoms. The Hall–Kier alpha value is -2.15. The maximum Gasteiger partial charge on any atom is 0.242 e. The van der Waals surface area contributed by atoms with Crippen molar-refractivity contribution < 1.29 is 14.0 Å². The fraction of sp³-hybridized carbons (Fsp3) is 0.357. The zero-order valence-electron chi connectivity index (χ0n) is 11.5. The number of aromatic nitrogens is 1. The second-order valence-corrected chi connectivity index (χ2v) is 5.71. The molecule has 2 aromatic heterocycles. The molecule has 0 saturated carbocycles. The Bertz CT molecular complexity index is 650. The van der Waals surface area contributed by atoms with Crippen LogP contribution in [0.3, 0.4) is 0 Å². The van der Waals surface area contributed by atoms with Crippen molar-refractivity contribution in [1.82, 2.24) is 15.2 Å². The molecule has 6 nitrogen and oxygen atoms in total. The Kier molecular flexibility index (Phi) is 3.74. The fourth-order valence-corrected chi connectivity index (χ4v) is 3.07. The number of piperazine rings is 1. The van der Waals surface area contributed by atoms with Crippen molar-refractivity contribution in [3.05, 3.63) is 29.5 Å². The van der Waals surface area contributed by atoms with E-state index in [0.717, 1.165) is 5.01 Å². The first kappa shape index (κ1) is 13.8. The summed E-state index contributed by atoms with van der Waals surface area (Å²) in [6.45, 7) is 2.78. The molecule has 0 aromatic carbocycles. The molecule has 3 heterocycles. The summed E-state index contributed by atoms with van der Waals surface area (Å²) in [4.78, 5) is 29.9. The highest BCUT2D eigenvalue weighted by molar-refractivity contribution is 7.13. The average Bonchev–Trinajstić information content (AvgIpc) is 3.12. The molecular weight excluding hydrogens is 290 g/mol. The van der Waals surface area contributed by atoms with Gasteiger partial charge in [0, 0.05) is 18.5 Å². The van der Waals surface area contributed by atoms with E-state index < -0.39 is 6.04 Å². The van der Waals surface area contributed by atoms with Gasteiger partial charge in [0.05, 0.1) is 18.4 Å². The highest BCUT2D eigenvalue weighted by Crippen LogP contribution is 2.24. The van der Waals surface area contributed by atoms with Gasteiger partial charge in [0.2, 0.25) is 11.8 Å². The van der Waals surface area contributed by atoms with Crippen molar-refractivity contribution in [2.75, 3.05) is 13.1 Å². The lowest BCUT2D eigenvalue weighted by molar-refractivity contribution is -0.142. The molecule has 1 aliphatic rings. The Morgan fingerprint density at radius 2 is 2.48 bits per heavy atom. The first-order valence-electron chi connectivity index (χ1n) is 6.70. The van der Waals surface area contributed by atoms with Crippen molar-refractivity contribution in [2.24, 2.45) is 0 Å². The van der Waals surface area contributed by atoms with Gasteiger partial charge in [0.25, 0.3) is 0 Å². The average molecular weight is 305 g/mol. The molecule has 1 saturated heterocycles. The summed E-state index contributed by atoms with van der Waals surface area (Å²) in [6.07, 6.45) is 1.80. The van der Waals surface area contributed by atoms with Crippen LogP contribution in [-0.4, -0.2) is 40.8 Å². The molecule has 2 aromatic rings. The molecule has 110 valence electrons. The monoisotopic (exact) mass is 305 g/mol. The molecule has 0 radical (unpaired) electrons. The standard InChI is InChI=1S/C14H15N3O3S/c1-9-13(19)15-4-5-17(9)12(18)7-10-8-21-14(16-10)11-3-2-6-20-11/h2-3,6,8-9H,4-5,7H2,1H3,(H,15,19). The molecule has 0 aliphatic carbocycles. The molecule has 1 fully saturated rings. The lowest BCUT2D eigenvalue weighted by Crippen LogP contribution is -2.56. The SMILES string of the molecule is CC1C(=O)NCCN1C(=O)Cc1csc(-c2ccco2)n1. The summed E-state index contributed by atoms with van der Waals surface area (Å²) in [5.74, 6) is 0.516. The van der Waals surface area contributed by atoms with Gasteiger partial charge in [-0.2, -0.15) is 0 Å². The minimum absolute atomic E-state index is 0.0753. The number of hydrogen-bond acceptors (Lipinski definition) is 5. The maximum absolute atomic E-state index is 12.3. The van der Waals surface area contributed by atoms with Gasteiger partial charge in [0.1, 0.15) is 6.04 Å². The van der Waals surface area contributed by atoms with E-state index in [4.69, 9.17) is 4.42 Å². The van der Waals surface area contributed by atoms with E-state index in [-0.39, 0.29) is 18.2 Å². The number of amides is 2. The van der Waals surface area contributed by atoms with Crippen LogP contribution < -0.4 is 5.32 Å². The molecule has 3 rings (SSSR count). The summed E-state index contributed by atoms with van der Waals surface area (Å²) in [6, 6.07) is 3.21. The highest BCUT2D eigenvalue weighted by Gasteiger charge is 2.29. The summed E-state index contributed by atoms with van der Waals surface area (Å²) < 4.78 is 5.28. The van der Waals surface area contributed by atoms with Crippen LogP contribution in [0.5, 0.6) is 0 Å². The number of carbonyl (C=O) groups excluding carboxylic acids is 2. The molecule has 21 heavy (non-hydrogen) atoms. The quantitative estimate of drug-likeness (QED) is 0.927. The second kappa shape index (κ2) is 5.69. The van der Waals surface area contributed by atoms with Crippen LogP contribution in [0.15, 0.2) is 28.2 Å². The van der Waals surface area contributed by atoms with E-state index in [1.807, 2.05) is 11.4 Å². The number of nitrogens with one attached hydrogen (secondary N) is 1. The van der Waals surface area contributed by atoms with Crippen LogP contribution in [0, 0.1) is 0 Å². The van der Waals surface area contributed by atoms with Gasteiger partial charge in [-0.25, -0.2) is 4.98 Å². The second-order valence-electron chi connectivity index (χ2n) is 4.85. The van der Waals surface area contributed by atoms with Crippen LogP contribution in [0.2, 0.25) is 0 Å². The zero-order valence-corrected chi connectivity index (χ0v) is 12.4. The molecule has 1 aliphatic heterocycles. The highest BCUT2D eigenvalue weighted by atomic mass is 32.1. The van der Waals surface area contributed by atoms with Crippen LogP contribution in [0.4, 0.5) is 0 Å². The van der Waals surface area contributed by atoms with E-state index in [9.17, 15) is 9.59 Å². The molecule has 1 N–H and O–H groups in total. The fourth-order valence-electron chi connectivity index (χ4n) is 2.28. The van der Waals surface area contributed by atoms with Gasteiger partial charge in [-0.15, -0.1) is 11.3 Å². The smallest absolute Gasteiger partial charge is 0.242 e. The number of carbonyl (C=O) groups is 2. The predicted molar refractivity (Wildman–Crippen MR) is 77.7 cm³/mol. The van der Waals surface area contributed by atoms with Crippen LogP contribution in [0.25, 0.3) is 10.8 Å². The van der Waals surface area contributed by atoms with Crippen molar-refractivity contribution >= 4 is 23.2 Å². The van der Waals surface area contributed by atoms with Gasteiger partial charge in [0.15, 0.2) is 10.8 Å². The number of furan rings is 1. The number of nitrogens with zero attached hydrogens (tertiary/aromatic N) is 2. The third-order valence-electron chi connectivity index (χ3n) is 3.44. The van der Waals surface area contributed by atoms with Gasteiger partial charge in [-0.3, -0.25) is 9.59 Å². The molecule has 1 atom stereocenters. The zero-order chi connectivity index (χ0) is 14.8. The van der Waals surface area contributed by atoms with E-state index in [2.05, 4.69) is 10.3 Å². The van der Waals surface area contributed by atoms with Gasteiger partial charge in [-0.05, 0) is 19.1 Å². The van der Waals surface area contributed by atoms with Crippen molar-refractivity contribution in [3.8, 4) is 10.8 Å². The lowest BCUT2D eigenvalue weighted by Gasteiger charge is -2.32. The summed E-state index contributed by atoms with van der Waals surface area (Å²) >= 11 is 1.44. The molecule has 0 bridgehead atoms. The van der Waals surface area contributed by atoms with Crippen molar-refractivity contribution in [1.29, 1.82) is 0 Å². The number of hydrogen-bond donors (Lipinski definition) is 1. The summed E-state index contributed by atoms with van der Waals surface area (Å²) in [5.41, 5.74) is 0.703. The van der Waals surface area contributed by atoms with Crippen LogP contribution >= 0.6 is 11.3 Å². The van der Waals surface area contributed by atoms with Gasteiger partial charge in [-0.1, -0.05) is 0 Å². The van der Waals surface area contributed by atoms with E-state index in [1.54, 1.807) is 24.2 Å². The largest absolute Gasteiger partial charge is 0.462 e.